The predicted octanol–water partition coefficient (Wildman–Crippen LogP) is 2.05. The molecule has 0 amide bonds. The summed E-state index contributed by atoms with van der Waals surface area (Å²) in [4.78, 5) is 24.8. The second-order valence-corrected chi connectivity index (χ2v) is 8.09. The number of thioether (sulfide) groups is 1. The first-order chi connectivity index (χ1) is 11.5. The maximum absolute atomic E-state index is 10.9. The Kier molecular flexibility index (Phi) is 4.04. The van der Waals surface area contributed by atoms with Crippen LogP contribution in [0.2, 0.25) is 0 Å². The molecule has 2 aromatic heterocycles. The van der Waals surface area contributed by atoms with E-state index in [-0.39, 0.29) is 12.0 Å². The molecule has 0 radical (unpaired) electrons. The molecule has 3 atom stereocenters. The molecule has 2 aliphatic heterocycles. The van der Waals surface area contributed by atoms with Crippen molar-refractivity contribution in [2.24, 2.45) is 7.05 Å². The molecule has 4 heterocycles. The lowest BCUT2D eigenvalue weighted by Crippen LogP contribution is -2.40. The Morgan fingerprint density at radius 3 is 3.04 bits per heavy atom. The van der Waals surface area contributed by atoms with Gasteiger partial charge in [0.25, 0.3) is 5.82 Å². The van der Waals surface area contributed by atoms with Crippen LogP contribution in [0.15, 0.2) is 11.6 Å². The van der Waals surface area contributed by atoms with Gasteiger partial charge in [-0.2, -0.15) is 11.8 Å². The van der Waals surface area contributed by atoms with Crippen LogP contribution in [0.3, 0.4) is 0 Å². The Labute approximate surface area is 146 Å². The highest BCUT2D eigenvalue weighted by molar-refractivity contribution is 7.99. The van der Waals surface area contributed by atoms with E-state index < -0.39 is 4.92 Å². The standard InChI is InChI=1S/C13H16N6O3S2/c1-8-6-17(3-4-23-8)18-13(22-18)9-7-24-12(15-9)11-14-5-10(16(11)2)19(20)21/h5,7-8,13H,3-4,6H2,1-2H3. The molecule has 2 saturated heterocycles. The highest BCUT2D eigenvalue weighted by Crippen LogP contribution is 2.41. The van der Waals surface area contributed by atoms with E-state index in [0.29, 0.717) is 16.1 Å². The van der Waals surface area contributed by atoms with E-state index >= 15 is 0 Å². The average Bonchev–Trinajstić information content (AvgIpc) is 3.02. The van der Waals surface area contributed by atoms with Gasteiger partial charge in [0, 0.05) is 29.5 Å². The lowest BCUT2D eigenvalue weighted by molar-refractivity contribution is -0.391. The number of nitro groups is 1. The lowest BCUT2D eigenvalue weighted by atomic mass is 10.4. The summed E-state index contributed by atoms with van der Waals surface area (Å²) in [5.74, 6) is 1.53. The fourth-order valence-corrected chi connectivity index (χ4v) is 4.56. The minimum Gasteiger partial charge on any atom is -0.358 e. The third-order valence-corrected chi connectivity index (χ3v) is 5.97. The smallest absolute Gasteiger partial charge is 0.342 e. The van der Waals surface area contributed by atoms with E-state index in [0.717, 1.165) is 24.5 Å². The minimum atomic E-state index is -0.452. The van der Waals surface area contributed by atoms with Crippen LogP contribution in [0, 0.1) is 10.1 Å². The van der Waals surface area contributed by atoms with Gasteiger partial charge in [-0.25, -0.2) is 19.5 Å². The zero-order valence-electron chi connectivity index (χ0n) is 13.2. The molecule has 3 unspecified atom stereocenters. The number of thiazole rings is 1. The summed E-state index contributed by atoms with van der Waals surface area (Å²) < 4.78 is 1.44. The second-order valence-electron chi connectivity index (χ2n) is 5.69. The number of hydrogen-bond acceptors (Lipinski definition) is 9. The van der Waals surface area contributed by atoms with E-state index in [4.69, 9.17) is 4.84 Å². The lowest BCUT2D eigenvalue weighted by Gasteiger charge is -2.28. The van der Waals surface area contributed by atoms with E-state index in [2.05, 4.69) is 21.9 Å². The molecule has 128 valence electrons. The van der Waals surface area contributed by atoms with E-state index in [9.17, 15) is 10.1 Å². The van der Waals surface area contributed by atoms with Crippen molar-refractivity contribution in [3.05, 3.63) is 27.4 Å². The number of rotatable bonds is 4. The number of hydrazine groups is 1. The highest BCUT2D eigenvalue weighted by atomic mass is 32.2. The molecule has 0 saturated carbocycles. The van der Waals surface area contributed by atoms with Gasteiger partial charge in [0.05, 0.1) is 7.05 Å². The maximum atomic E-state index is 10.9. The molecule has 2 aromatic rings. The maximum Gasteiger partial charge on any atom is 0.342 e. The Bertz CT molecular complexity index is 778. The largest absolute Gasteiger partial charge is 0.358 e. The van der Waals surface area contributed by atoms with Gasteiger partial charge >= 0.3 is 5.82 Å². The van der Waals surface area contributed by atoms with Crippen LogP contribution in [0.1, 0.15) is 18.8 Å². The van der Waals surface area contributed by atoms with Gasteiger partial charge in [0.15, 0.2) is 5.01 Å². The minimum absolute atomic E-state index is 0.0501. The Morgan fingerprint density at radius 1 is 1.50 bits per heavy atom. The van der Waals surface area contributed by atoms with Crippen LogP contribution < -0.4 is 0 Å². The van der Waals surface area contributed by atoms with Gasteiger partial charge in [0.1, 0.15) is 11.9 Å². The van der Waals surface area contributed by atoms with Gasteiger partial charge in [0.2, 0.25) is 6.23 Å². The summed E-state index contributed by atoms with van der Waals surface area (Å²) in [6, 6.07) is 0. The molecular weight excluding hydrogens is 352 g/mol. The third-order valence-electron chi connectivity index (χ3n) is 3.98. The molecule has 4 rings (SSSR count). The normalized spacial score (nSPS) is 27.3. The summed E-state index contributed by atoms with van der Waals surface area (Å²) in [5.41, 5.74) is 0.812. The van der Waals surface area contributed by atoms with Crippen molar-refractivity contribution in [3.8, 4) is 10.8 Å². The quantitative estimate of drug-likeness (QED) is 0.460. The van der Waals surface area contributed by atoms with E-state index in [1.165, 1.54) is 22.1 Å². The molecule has 0 spiro atoms. The van der Waals surface area contributed by atoms with Crippen molar-refractivity contribution in [1.82, 2.24) is 24.7 Å². The number of aromatic nitrogens is 3. The SMILES string of the molecule is CC1CN(N2OC2c2csc(-c3ncc([N+](=O)[O-])n3C)n2)CCS1. The first-order valence-electron chi connectivity index (χ1n) is 7.49. The van der Waals surface area contributed by atoms with Gasteiger partial charge in [-0.05, 0) is 4.92 Å². The molecule has 24 heavy (non-hydrogen) atoms. The van der Waals surface area contributed by atoms with Crippen LogP contribution in [-0.4, -0.2) is 53.7 Å². The first kappa shape index (κ1) is 16.0. The van der Waals surface area contributed by atoms with Crippen LogP contribution in [0.5, 0.6) is 0 Å². The number of hydrogen-bond donors (Lipinski definition) is 0. The van der Waals surface area contributed by atoms with E-state index in [1.807, 2.05) is 22.3 Å². The van der Waals surface area contributed by atoms with Crippen molar-refractivity contribution < 1.29 is 9.76 Å². The Morgan fingerprint density at radius 2 is 2.33 bits per heavy atom. The van der Waals surface area contributed by atoms with Crippen molar-refractivity contribution in [1.29, 1.82) is 0 Å². The van der Waals surface area contributed by atoms with Crippen LogP contribution in [0.25, 0.3) is 10.8 Å². The van der Waals surface area contributed by atoms with E-state index in [1.54, 1.807) is 7.05 Å². The van der Waals surface area contributed by atoms with Gasteiger partial charge in [-0.3, -0.25) is 4.84 Å². The number of nitrogens with zero attached hydrogens (tertiary/aromatic N) is 6. The molecule has 0 N–H and O–H groups in total. The molecule has 11 heteroatoms. The average molecular weight is 368 g/mol. The third kappa shape index (κ3) is 2.82. The number of imidazole rings is 1. The summed E-state index contributed by atoms with van der Waals surface area (Å²) >= 11 is 3.38. The molecule has 0 bridgehead atoms. The summed E-state index contributed by atoms with van der Waals surface area (Å²) in [6.07, 6.45) is 1.09. The van der Waals surface area contributed by atoms with Crippen molar-refractivity contribution in [2.75, 3.05) is 18.8 Å². The van der Waals surface area contributed by atoms with Crippen LogP contribution in [-0.2, 0) is 11.9 Å². The zero-order chi connectivity index (χ0) is 16.8. The monoisotopic (exact) mass is 368 g/mol. The molecular formula is C13H16N6O3S2. The topological polar surface area (TPSA) is 92.6 Å². The van der Waals surface area contributed by atoms with Crippen molar-refractivity contribution >= 4 is 28.9 Å². The highest BCUT2D eigenvalue weighted by Gasteiger charge is 2.45. The molecule has 0 aromatic carbocycles. The van der Waals surface area contributed by atoms with Gasteiger partial charge in [-0.1, -0.05) is 12.1 Å². The van der Waals surface area contributed by atoms with Crippen molar-refractivity contribution in [3.63, 3.8) is 0 Å². The van der Waals surface area contributed by atoms with Gasteiger partial charge < -0.3 is 10.1 Å². The zero-order valence-corrected chi connectivity index (χ0v) is 14.8. The van der Waals surface area contributed by atoms with Crippen molar-refractivity contribution in [2.45, 2.75) is 18.4 Å². The van der Waals surface area contributed by atoms with Crippen LogP contribution in [0.4, 0.5) is 5.82 Å². The Hall–Kier alpha value is -1.53. The predicted molar refractivity (Wildman–Crippen MR) is 90.1 cm³/mol. The summed E-state index contributed by atoms with van der Waals surface area (Å²) in [7, 11) is 1.62. The summed E-state index contributed by atoms with van der Waals surface area (Å²) in [5, 5.41) is 18.2. The molecule has 2 aliphatic rings. The first-order valence-corrected chi connectivity index (χ1v) is 9.42. The summed E-state index contributed by atoms with van der Waals surface area (Å²) in [6.45, 7) is 4.14. The fraction of sp³-hybridized carbons (Fsp3) is 0.538. The second kappa shape index (κ2) is 6.08. The number of hydroxylamine groups is 1. The molecule has 9 nitrogen and oxygen atoms in total. The van der Waals surface area contributed by atoms with Gasteiger partial charge in [-0.15, -0.1) is 11.3 Å². The van der Waals surface area contributed by atoms with Crippen LogP contribution >= 0.6 is 23.1 Å². The Balaban J connectivity index is 1.49. The molecule has 0 aliphatic carbocycles. The molecule has 2 fully saturated rings. The fourth-order valence-electron chi connectivity index (χ4n) is 2.71.